The molecule has 1 fully saturated rings. The summed E-state index contributed by atoms with van der Waals surface area (Å²) in [7, 11) is 0. The number of nitrogens with zero attached hydrogens (tertiary/aromatic N) is 1. The van der Waals surface area contributed by atoms with Crippen LogP contribution in [0.3, 0.4) is 0 Å². The van der Waals surface area contributed by atoms with Crippen LogP contribution in [0.5, 0.6) is 5.75 Å². The smallest absolute Gasteiger partial charge is 0.387 e. The van der Waals surface area contributed by atoms with Gasteiger partial charge >= 0.3 is 6.61 Å². The number of benzene rings is 1. The third-order valence-electron chi connectivity index (χ3n) is 5.18. The van der Waals surface area contributed by atoms with Crippen LogP contribution in [-0.4, -0.2) is 63.2 Å². The van der Waals surface area contributed by atoms with Crippen molar-refractivity contribution in [3.05, 3.63) is 39.5 Å². The number of rotatable bonds is 10. The number of thiophene rings is 1. The van der Waals surface area contributed by atoms with Gasteiger partial charge in [0.25, 0.3) is 11.8 Å². The van der Waals surface area contributed by atoms with Crippen molar-refractivity contribution < 1.29 is 32.6 Å². The summed E-state index contributed by atoms with van der Waals surface area (Å²) in [4.78, 5) is 39.5. The Hall–Kier alpha value is -2.80. The van der Waals surface area contributed by atoms with Crippen molar-refractivity contribution in [1.29, 1.82) is 0 Å². The van der Waals surface area contributed by atoms with Crippen LogP contribution in [0.1, 0.15) is 30.4 Å². The topological polar surface area (TPSA) is 109 Å². The molecule has 202 valence electrons. The van der Waals surface area contributed by atoms with E-state index < -0.39 is 24.5 Å². The van der Waals surface area contributed by atoms with Crippen LogP contribution in [0, 0.1) is 5.41 Å². The first-order chi connectivity index (χ1) is 17.4. The number of halogens is 3. The average molecular weight is 559 g/mol. The standard InChI is InChI=1S/C24H29ClF2N4O5S/c1-24(2,3)13-29-15(11-28-22(34)18-6-7-19(25)37-18)21(33)30-14-4-5-16(17(10-14)36-23(26)27)31-8-9-35-12-20(31)32/h4-7,10,15,23,29H,8-9,11-13H2,1-3H3,(H,28,34)(H,30,33)/t15-/m1/s1. The Balaban J connectivity index is 1.76. The molecule has 0 unspecified atom stereocenters. The molecule has 0 radical (unpaired) electrons. The molecule has 0 aliphatic carbocycles. The molecule has 1 aromatic carbocycles. The second-order valence-corrected chi connectivity index (χ2v) is 11.2. The molecule has 9 nitrogen and oxygen atoms in total. The summed E-state index contributed by atoms with van der Waals surface area (Å²) in [6, 6.07) is 6.51. The SMILES string of the molecule is CC(C)(C)CN[C@H](CNC(=O)c1ccc(Cl)s1)C(=O)Nc1ccc(N2CCOCC2=O)c(OC(F)F)c1. The number of hydrogen-bond donors (Lipinski definition) is 3. The van der Waals surface area contributed by atoms with Crippen molar-refractivity contribution in [2.24, 2.45) is 5.41 Å². The summed E-state index contributed by atoms with van der Waals surface area (Å²) in [6.45, 7) is 3.52. The van der Waals surface area contributed by atoms with Crippen LogP contribution in [0.15, 0.2) is 30.3 Å². The van der Waals surface area contributed by atoms with Gasteiger partial charge in [0.05, 0.1) is 21.5 Å². The number of amides is 3. The Bertz CT molecular complexity index is 1120. The van der Waals surface area contributed by atoms with Gasteiger partial charge in [-0.2, -0.15) is 8.78 Å². The van der Waals surface area contributed by atoms with E-state index in [2.05, 4.69) is 20.7 Å². The van der Waals surface area contributed by atoms with Gasteiger partial charge in [-0.25, -0.2) is 0 Å². The highest BCUT2D eigenvalue weighted by atomic mass is 35.5. The third kappa shape index (κ3) is 8.63. The van der Waals surface area contributed by atoms with Crippen LogP contribution < -0.4 is 25.6 Å². The minimum Gasteiger partial charge on any atom is -0.433 e. The second-order valence-electron chi connectivity index (χ2n) is 9.46. The molecule has 0 bridgehead atoms. The van der Waals surface area contributed by atoms with Crippen molar-refractivity contribution in [2.45, 2.75) is 33.4 Å². The highest BCUT2D eigenvalue weighted by Crippen LogP contribution is 2.33. The van der Waals surface area contributed by atoms with E-state index >= 15 is 0 Å². The minimum atomic E-state index is -3.14. The van der Waals surface area contributed by atoms with Gasteiger partial charge < -0.3 is 30.3 Å². The van der Waals surface area contributed by atoms with E-state index in [4.69, 9.17) is 16.3 Å². The number of morpholine rings is 1. The van der Waals surface area contributed by atoms with Gasteiger partial charge in [-0.1, -0.05) is 32.4 Å². The summed E-state index contributed by atoms with van der Waals surface area (Å²) < 4.78 is 36.5. The molecule has 3 rings (SSSR count). The number of ether oxygens (including phenoxy) is 2. The predicted molar refractivity (Wildman–Crippen MR) is 138 cm³/mol. The van der Waals surface area contributed by atoms with E-state index in [-0.39, 0.29) is 54.7 Å². The van der Waals surface area contributed by atoms with E-state index in [9.17, 15) is 23.2 Å². The molecule has 1 aliphatic rings. The summed E-state index contributed by atoms with van der Waals surface area (Å²) in [5, 5.41) is 8.54. The fourth-order valence-electron chi connectivity index (χ4n) is 3.41. The summed E-state index contributed by atoms with van der Waals surface area (Å²) in [5.41, 5.74) is 0.175. The second kappa shape index (κ2) is 12.6. The lowest BCUT2D eigenvalue weighted by molar-refractivity contribution is -0.125. The van der Waals surface area contributed by atoms with Crippen LogP contribution in [-0.2, 0) is 14.3 Å². The van der Waals surface area contributed by atoms with E-state index in [1.54, 1.807) is 12.1 Å². The molecule has 1 saturated heterocycles. The third-order valence-corrected chi connectivity index (χ3v) is 6.41. The van der Waals surface area contributed by atoms with Crippen LogP contribution in [0.25, 0.3) is 0 Å². The predicted octanol–water partition coefficient (Wildman–Crippen LogP) is 3.74. The number of anilines is 2. The van der Waals surface area contributed by atoms with Crippen molar-refractivity contribution >= 4 is 52.0 Å². The van der Waals surface area contributed by atoms with E-state index in [0.717, 1.165) is 11.3 Å². The molecular weight excluding hydrogens is 530 g/mol. The summed E-state index contributed by atoms with van der Waals surface area (Å²) in [5.74, 6) is -1.52. The van der Waals surface area contributed by atoms with Gasteiger partial charge in [0.15, 0.2) is 5.75 Å². The van der Waals surface area contributed by atoms with Crippen molar-refractivity contribution in [1.82, 2.24) is 10.6 Å². The summed E-state index contributed by atoms with van der Waals surface area (Å²) in [6.07, 6.45) is 0. The zero-order chi connectivity index (χ0) is 27.2. The van der Waals surface area contributed by atoms with Gasteiger partial charge in [-0.05, 0) is 29.7 Å². The fraction of sp³-hybridized carbons (Fsp3) is 0.458. The Morgan fingerprint density at radius 3 is 2.62 bits per heavy atom. The van der Waals surface area contributed by atoms with Gasteiger partial charge in [0.1, 0.15) is 12.6 Å². The number of alkyl halides is 2. The number of nitrogens with one attached hydrogen (secondary N) is 3. The normalized spacial score (nSPS) is 15.0. The molecule has 2 aromatic rings. The maximum absolute atomic E-state index is 13.1. The highest BCUT2D eigenvalue weighted by molar-refractivity contribution is 7.18. The molecule has 1 aliphatic heterocycles. The molecule has 1 atom stereocenters. The van der Waals surface area contributed by atoms with E-state index in [1.165, 1.54) is 23.1 Å². The lowest BCUT2D eigenvalue weighted by Crippen LogP contribution is -2.50. The van der Waals surface area contributed by atoms with Gasteiger partial charge in [-0.15, -0.1) is 11.3 Å². The molecule has 13 heteroatoms. The van der Waals surface area contributed by atoms with Crippen LogP contribution >= 0.6 is 22.9 Å². The molecule has 3 N–H and O–H groups in total. The molecule has 3 amide bonds. The van der Waals surface area contributed by atoms with Crippen LogP contribution in [0.4, 0.5) is 20.2 Å². The largest absolute Gasteiger partial charge is 0.433 e. The monoisotopic (exact) mass is 558 g/mol. The van der Waals surface area contributed by atoms with Crippen molar-refractivity contribution in [2.75, 3.05) is 43.1 Å². The van der Waals surface area contributed by atoms with Gasteiger partial charge in [0.2, 0.25) is 5.91 Å². The van der Waals surface area contributed by atoms with Gasteiger partial charge in [-0.3, -0.25) is 14.4 Å². The number of carbonyl (C=O) groups is 3. The van der Waals surface area contributed by atoms with Crippen molar-refractivity contribution in [3.63, 3.8) is 0 Å². The molecule has 2 heterocycles. The first-order valence-electron chi connectivity index (χ1n) is 11.5. The molecular formula is C24H29ClF2N4O5S. The Labute approximate surface area is 222 Å². The first kappa shape index (κ1) is 28.8. The van der Waals surface area contributed by atoms with E-state index in [1.807, 2.05) is 20.8 Å². The minimum absolute atomic E-state index is 0.0307. The zero-order valence-electron chi connectivity index (χ0n) is 20.6. The maximum atomic E-state index is 13.1. The Morgan fingerprint density at radius 1 is 1.24 bits per heavy atom. The van der Waals surface area contributed by atoms with Gasteiger partial charge in [0, 0.05) is 31.4 Å². The average Bonchev–Trinajstić information content (AvgIpc) is 3.25. The Kier molecular flexibility index (Phi) is 9.82. The van der Waals surface area contributed by atoms with E-state index in [0.29, 0.717) is 15.8 Å². The van der Waals surface area contributed by atoms with Crippen molar-refractivity contribution in [3.8, 4) is 5.75 Å². The fourth-order valence-corrected chi connectivity index (χ4v) is 4.37. The maximum Gasteiger partial charge on any atom is 0.387 e. The highest BCUT2D eigenvalue weighted by Gasteiger charge is 2.26. The molecule has 0 spiro atoms. The number of hydrogen-bond acceptors (Lipinski definition) is 7. The summed E-state index contributed by atoms with van der Waals surface area (Å²) >= 11 is 7.01. The first-order valence-corrected chi connectivity index (χ1v) is 12.7. The molecule has 0 saturated carbocycles. The zero-order valence-corrected chi connectivity index (χ0v) is 22.2. The number of carbonyl (C=O) groups excluding carboxylic acids is 3. The molecule has 37 heavy (non-hydrogen) atoms. The van der Waals surface area contributed by atoms with Crippen LogP contribution in [0.2, 0.25) is 4.34 Å². The quantitative estimate of drug-likeness (QED) is 0.410. The lowest BCUT2D eigenvalue weighted by Gasteiger charge is -2.28. The molecule has 1 aromatic heterocycles. The lowest BCUT2D eigenvalue weighted by atomic mass is 9.96. The Morgan fingerprint density at radius 2 is 2.00 bits per heavy atom.